The molecular formula is C7H15N3O5Si. The third-order valence-electron chi connectivity index (χ3n) is 1.91. The van der Waals surface area contributed by atoms with E-state index >= 15 is 0 Å². The second kappa shape index (κ2) is 8.08. The van der Waals surface area contributed by atoms with Crippen molar-refractivity contribution in [3.05, 3.63) is 10.4 Å². The van der Waals surface area contributed by atoms with Gasteiger partial charge in [0, 0.05) is 37.4 Å². The molecule has 9 heteroatoms. The predicted octanol–water partition coefficient (Wildman–Crippen LogP) is 1.70. The van der Waals surface area contributed by atoms with Gasteiger partial charge in [0.25, 0.3) is 0 Å². The summed E-state index contributed by atoms with van der Waals surface area (Å²) in [5, 5.41) is 2.76. The van der Waals surface area contributed by atoms with Crippen LogP contribution in [-0.4, -0.2) is 42.8 Å². The number of hydrogen-bond donors (Lipinski definition) is 0. The van der Waals surface area contributed by atoms with Crippen molar-refractivity contribution in [2.24, 2.45) is 5.11 Å². The molecule has 0 radical (unpaired) electrons. The highest BCUT2D eigenvalue weighted by molar-refractivity contribution is 6.60. The van der Waals surface area contributed by atoms with Crippen LogP contribution in [0.1, 0.15) is 6.42 Å². The normalized spacial score (nSPS) is 10.7. The van der Waals surface area contributed by atoms with Gasteiger partial charge in [-0.1, -0.05) is 0 Å². The fourth-order valence-corrected chi connectivity index (χ4v) is 2.76. The van der Waals surface area contributed by atoms with E-state index in [1.165, 1.54) is 21.3 Å². The average Bonchev–Trinajstić information content (AvgIpc) is 2.31. The Hall–Kier alpha value is -1.12. The van der Waals surface area contributed by atoms with E-state index in [-0.39, 0.29) is 6.61 Å². The maximum absolute atomic E-state index is 10.7. The molecule has 92 valence electrons. The molecule has 1 amide bonds. The van der Waals surface area contributed by atoms with E-state index in [9.17, 15) is 4.79 Å². The lowest BCUT2D eigenvalue weighted by Gasteiger charge is -2.23. The topological polar surface area (TPSA) is 103 Å². The molecule has 0 aromatic carbocycles. The molecule has 0 saturated carbocycles. The van der Waals surface area contributed by atoms with Gasteiger partial charge in [-0.2, -0.15) is 0 Å². The van der Waals surface area contributed by atoms with Gasteiger partial charge in [-0.15, -0.1) is 0 Å². The van der Waals surface area contributed by atoms with Crippen LogP contribution in [0.5, 0.6) is 0 Å². The van der Waals surface area contributed by atoms with Crippen LogP contribution in [0.3, 0.4) is 0 Å². The van der Waals surface area contributed by atoms with Crippen LogP contribution in [0.2, 0.25) is 6.04 Å². The van der Waals surface area contributed by atoms with E-state index in [1.807, 2.05) is 0 Å². The molecule has 0 bridgehead atoms. The Labute approximate surface area is 94.4 Å². The molecule has 0 rings (SSSR count). The zero-order valence-electron chi connectivity index (χ0n) is 9.50. The highest BCUT2D eigenvalue weighted by Crippen LogP contribution is 2.14. The fraction of sp³-hybridized carbons (Fsp3) is 0.857. The zero-order chi connectivity index (χ0) is 12.4. The number of ether oxygens (including phenoxy) is 1. The maximum Gasteiger partial charge on any atom is 0.500 e. The molecule has 0 aromatic heterocycles. The second-order valence-electron chi connectivity index (χ2n) is 2.70. The number of amides is 1. The van der Waals surface area contributed by atoms with Crippen LogP contribution >= 0.6 is 0 Å². The van der Waals surface area contributed by atoms with E-state index in [0.717, 1.165) is 0 Å². The summed E-state index contributed by atoms with van der Waals surface area (Å²) < 4.78 is 20.1. The number of rotatable bonds is 7. The summed E-state index contributed by atoms with van der Waals surface area (Å²) in [7, 11) is 1.91. The Morgan fingerprint density at radius 1 is 1.31 bits per heavy atom. The Bertz CT molecular complexity index is 256. The third kappa shape index (κ3) is 5.10. The van der Waals surface area contributed by atoms with E-state index < -0.39 is 14.9 Å². The van der Waals surface area contributed by atoms with Crippen LogP contribution in [0, 0.1) is 0 Å². The Morgan fingerprint density at radius 3 is 2.31 bits per heavy atom. The minimum Gasteiger partial charge on any atom is -0.461 e. The fourth-order valence-electron chi connectivity index (χ4n) is 1.07. The van der Waals surface area contributed by atoms with Gasteiger partial charge in [0.1, 0.15) is 0 Å². The summed E-state index contributed by atoms with van der Waals surface area (Å²) in [4.78, 5) is 12.9. The Kier molecular flexibility index (Phi) is 7.51. The number of nitrogens with zero attached hydrogens (tertiary/aromatic N) is 3. The van der Waals surface area contributed by atoms with Gasteiger partial charge in [0.2, 0.25) is 0 Å². The Morgan fingerprint density at radius 2 is 1.88 bits per heavy atom. The second-order valence-corrected chi connectivity index (χ2v) is 5.79. The molecule has 0 atom stereocenters. The highest BCUT2D eigenvalue weighted by atomic mass is 28.4. The number of carbonyl (C=O) groups excluding carboxylic acids is 1. The van der Waals surface area contributed by atoms with E-state index in [2.05, 4.69) is 14.8 Å². The molecule has 8 nitrogen and oxygen atoms in total. The molecule has 0 aliphatic rings. The van der Waals surface area contributed by atoms with Gasteiger partial charge in [0.05, 0.1) is 6.61 Å². The standard InChI is InChI=1S/C7H15N3O5Si/c1-12-16(13-2,14-3)6-4-5-15-7(11)9-10-8/h4-6H2,1-3H3. The van der Waals surface area contributed by atoms with Crippen molar-refractivity contribution < 1.29 is 22.8 Å². The first kappa shape index (κ1) is 14.9. The van der Waals surface area contributed by atoms with Gasteiger partial charge in [-0.25, -0.2) is 4.79 Å². The van der Waals surface area contributed by atoms with Crippen molar-refractivity contribution in [1.82, 2.24) is 0 Å². The highest BCUT2D eigenvalue weighted by Gasteiger charge is 2.36. The molecule has 0 unspecified atom stereocenters. The lowest BCUT2D eigenvalue weighted by Crippen LogP contribution is -2.42. The summed E-state index contributed by atoms with van der Waals surface area (Å²) in [5.41, 5.74) is 7.94. The van der Waals surface area contributed by atoms with Gasteiger partial charge >= 0.3 is 14.9 Å². The monoisotopic (exact) mass is 249 g/mol. The minimum atomic E-state index is -2.60. The first-order valence-electron chi connectivity index (χ1n) is 4.51. The maximum atomic E-state index is 10.7. The molecule has 0 saturated heterocycles. The van der Waals surface area contributed by atoms with Crippen LogP contribution in [0.15, 0.2) is 5.11 Å². The van der Waals surface area contributed by atoms with E-state index in [1.54, 1.807) is 0 Å². The van der Waals surface area contributed by atoms with Gasteiger partial charge in [-0.05, 0) is 12.0 Å². The zero-order valence-corrected chi connectivity index (χ0v) is 10.5. The van der Waals surface area contributed by atoms with Gasteiger partial charge < -0.3 is 18.0 Å². The molecule has 0 heterocycles. The Balaban J connectivity index is 3.87. The van der Waals surface area contributed by atoms with E-state index in [4.69, 9.17) is 18.8 Å². The molecule has 0 aliphatic carbocycles. The predicted molar refractivity (Wildman–Crippen MR) is 56.7 cm³/mol. The molecule has 16 heavy (non-hydrogen) atoms. The summed E-state index contributed by atoms with van der Waals surface area (Å²) in [6.45, 7) is 0.128. The minimum absolute atomic E-state index is 0.128. The number of azide groups is 1. The van der Waals surface area contributed by atoms with Crippen molar-refractivity contribution >= 4 is 14.9 Å². The van der Waals surface area contributed by atoms with Crippen LogP contribution in [0.25, 0.3) is 10.4 Å². The van der Waals surface area contributed by atoms with Gasteiger partial charge in [-0.3, -0.25) is 0 Å². The van der Waals surface area contributed by atoms with Crippen molar-refractivity contribution in [3.8, 4) is 0 Å². The molecular weight excluding hydrogens is 234 g/mol. The SMILES string of the molecule is CO[Si](CCCOC(=O)N=[N+]=[N-])(OC)OC. The number of carbonyl (C=O) groups is 1. The van der Waals surface area contributed by atoms with Crippen molar-refractivity contribution in [2.75, 3.05) is 27.9 Å². The summed E-state index contributed by atoms with van der Waals surface area (Å²) in [5.74, 6) is 0. The third-order valence-corrected chi connectivity index (χ3v) is 4.74. The molecule has 0 spiro atoms. The van der Waals surface area contributed by atoms with Gasteiger partial charge in [0.15, 0.2) is 0 Å². The number of hydrogen-bond acceptors (Lipinski definition) is 5. The lowest BCUT2D eigenvalue weighted by molar-refractivity contribution is 0.117. The summed E-state index contributed by atoms with van der Waals surface area (Å²) in [6.07, 6.45) is -0.434. The smallest absolute Gasteiger partial charge is 0.461 e. The molecule has 0 aliphatic heterocycles. The average molecular weight is 249 g/mol. The molecule has 0 N–H and O–H groups in total. The first-order chi connectivity index (χ1) is 7.64. The lowest BCUT2D eigenvalue weighted by atomic mass is 10.5. The van der Waals surface area contributed by atoms with Crippen LogP contribution in [-0.2, 0) is 18.0 Å². The van der Waals surface area contributed by atoms with Crippen LogP contribution < -0.4 is 0 Å². The molecule has 0 fully saturated rings. The van der Waals surface area contributed by atoms with Crippen molar-refractivity contribution in [3.63, 3.8) is 0 Å². The summed E-state index contributed by atoms with van der Waals surface area (Å²) >= 11 is 0. The van der Waals surface area contributed by atoms with Crippen molar-refractivity contribution in [1.29, 1.82) is 0 Å². The van der Waals surface area contributed by atoms with Crippen molar-refractivity contribution in [2.45, 2.75) is 12.5 Å². The summed E-state index contributed by atoms with van der Waals surface area (Å²) in [6, 6.07) is 0.514. The van der Waals surface area contributed by atoms with Crippen LogP contribution in [0.4, 0.5) is 4.79 Å². The van der Waals surface area contributed by atoms with E-state index in [0.29, 0.717) is 12.5 Å². The molecule has 0 aromatic rings. The quantitative estimate of drug-likeness (QED) is 0.224. The largest absolute Gasteiger partial charge is 0.500 e. The first-order valence-corrected chi connectivity index (χ1v) is 6.44.